The topological polar surface area (TPSA) is 0 Å². The molecular weight excluding hydrogens is 535 g/mol. The molecule has 0 aromatic heterocycles. The van der Waals surface area contributed by atoms with Gasteiger partial charge in [-0.2, -0.15) is 0 Å². The number of thiocarbonyl (C=S) groups is 1. The third-order valence-corrected chi connectivity index (χ3v) is 25.8. The molecule has 3 aliphatic carbocycles. The third-order valence-electron chi connectivity index (χ3n) is 6.94. The summed E-state index contributed by atoms with van der Waals surface area (Å²) < 4.78 is 2.55. The largest absolute Gasteiger partial charge is 1.00 e. The monoisotopic (exact) mass is 562 g/mol. The first-order valence-electron chi connectivity index (χ1n) is 10.6. The van der Waals surface area contributed by atoms with E-state index in [4.69, 9.17) is 12.2 Å². The molecule has 0 aliphatic heterocycles. The molecular formula is C26H30Cl2SSiZr. The van der Waals surface area contributed by atoms with Crippen molar-refractivity contribution in [3.63, 3.8) is 0 Å². The average molecular weight is 565 g/mol. The molecule has 0 heterocycles. The number of hydrogen-bond donors (Lipinski definition) is 0. The summed E-state index contributed by atoms with van der Waals surface area (Å²) >= 11 is 3.62. The van der Waals surface area contributed by atoms with Crippen LogP contribution < -0.4 is 24.8 Å². The SMILES string of the molecule is CC1=C(C)C(C)[C]([Zr+2]([CH]2C=C(C3=CC(=S)CC=C3)c3ccccc32)=[Si](C)C)=C1C.[Cl-].[Cl-]. The van der Waals surface area contributed by atoms with Crippen LogP contribution in [0.1, 0.15) is 48.9 Å². The molecule has 0 saturated carbocycles. The molecule has 1 aromatic carbocycles. The third kappa shape index (κ3) is 4.82. The van der Waals surface area contributed by atoms with Gasteiger partial charge in [-0.3, -0.25) is 0 Å². The Hall–Kier alpha value is -0.310. The summed E-state index contributed by atoms with van der Waals surface area (Å²) in [5.41, 5.74) is 10.2. The Morgan fingerprint density at radius 3 is 2.29 bits per heavy atom. The van der Waals surface area contributed by atoms with E-state index in [1.54, 1.807) is 22.3 Å². The minimum atomic E-state index is -1.91. The summed E-state index contributed by atoms with van der Waals surface area (Å²) in [6.07, 6.45) is 10.3. The van der Waals surface area contributed by atoms with Crippen molar-refractivity contribution in [2.24, 2.45) is 5.92 Å². The molecule has 1 aromatic rings. The second kappa shape index (κ2) is 10.7. The zero-order valence-electron chi connectivity index (χ0n) is 19.1. The van der Waals surface area contributed by atoms with Crippen LogP contribution >= 0.6 is 12.2 Å². The molecule has 0 N–H and O–H groups in total. The van der Waals surface area contributed by atoms with Gasteiger partial charge in [0.05, 0.1) is 0 Å². The van der Waals surface area contributed by atoms with Crippen molar-refractivity contribution in [1.82, 2.24) is 0 Å². The molecule has 0 saturated heterocycles. The van der Waals surface area contributed by atoms with E-state index < -0.39 is 20.4 Å². The van der Waals surface area contributed by atoms with Crippen molar-refractivity contribution >= 4 is 28.1 Å². The van der Waals surface area contributed by atoms with Crippen LogP contribution in [0.15, 0.2) is 74.1 Å². The molecule has 0 spiro atoms. The summed E-state index contributed by atoms with van der Waals surface area (Å²) in [7, 11) is 0. The minimum absolute atomic E-state index is 0. The van der Waals surface area contributed by atoms with E-state index in [-0.39, 0.29) is 30.2 Å². The molecule has 2 atom stereocenters. The van der Waals surface area contributed by atoms with Crippen LogP contribution in [0.2, 0.25) is 13.1 Å². The summed E-state index contributed by atoms with van der Waals surface area (Å²) in [5, 5.41) is 0. The summed E-state index contributed by atoms with van der Waals surface area (Å²) in [6, 6.07) is 9.18. The zero-order valence-corrected chi connectivity index (χ0v) is 24.9. The molecule has 0 radical (unpaired) electrons. The van der Waals surface area contributed by atoms with E-state index in [0.29, 0.717) is 9.54 Å². The van der Waals surface area contributed by atoms with Gasteiger partial charge in [-0.15, -0.1) is 0 Å². The van der Waals surface area contributed by atoms with Gasteiger partial charge in [0.25, 0.3) is 0 Å². The van der Waals surface area contributed by atoms with Gasteiger partial charge in [0.2, 0.25) is 0 Å². The first kappa shape index (κ1) is 26.9. The second-order valence-electron chi connectivity index (χ2n) is 8.80. The predicted octanol–water partition coefficient (Wildman–Crippen LogP) is 1.52. The van der Waals surface area contributed by atoms with Crippen LogP contribution in [-0.2, 0) is 20.4 Å². The van der Waals surface area contributed by atoms with Gasteiger partial charge in [-0.1, -0.05) is 0 Å². The van der Waals surface area contributed by atoms with Crippen LogP contribution in [-0.4, -0.2) is 10.3 Å². The van der Waals surface area contributed by atoms with Crippen molar-refractivity contribution in [2.45, 2.75) is 50.8 Å². The first-order valence-corrected chi connectivity index (χ1v) is 19.8. The number of rotatable bonds is 3. The Kier molecular flexibility index (Phi) is 9.34. The number of fused-ring (bicyclic) bond motifs is 1. The first-order chi connectivity index (χ1) is 13.8. The molecule has 0 fully saturated rings. The molecule has 0 amide bonds. The fraction of sp³-hybridized carbons (Fsp3) is 0.346. The molecule has 4 rings (SSSR count). The van der Waals surface area contributed by atoms with Crippen molar-refractivity contribution < 1.29 is 45.2 Å². The second-order valence-corrected chi connectivity index (χ2v) is 26.8. The number of allylic oxidation sites excluding steroid dienone is 10. The van der Waals surface area contributed by atoms with Crippen LogP contribution in [0, 0.1) is 5.92 Å². The van der Waals surface area contributed by atoms with E-state index in [1.165, 1.54) is 16.7 Å². The quantitative estimate of drug-likeness (QED) is 0.397. The number of benzene rings is 1. The Morgan fingerprint density at radius 2 is 1.71 bits per heavy atom. The summed E-state index contributed by atoms with van der Waals surface area (Å²) in [6.45, 7) is 14.7. The van der Waals surface area contributed by atoms with Gasteiger partial charge in [0, 0.05) is 0 Å². The minimum Gasteiger partial charge on any atom is -1.00 e. The number of hydrogen-bond acceptors (Lipinski definition) is 1. The van der Waals surface area contributed by atoms with Gasteiger partial charge < -0.3 is 24.8 Å². The van der Waals surface area contributed by atoms with Crippen molar-refractivity contribution in [1.29, 1.82) is 0 Å². The van der Waals surface area contributed by atoms with E-state index >= 15 is 0 Å². The van der Waals surface area contributed by atoms with E-state index in [9.17, 15) is 0 Å². The predicted molar refractivity (Wildman–Crippen MR) is 129 cm³/mol. The average Bonchev–Trinajstić information content (AvgIpc) is 3.16. The fourth-order valence-electron chi connectivity index (χ4n) is 5.15. The molecule has 0 nitrogen and oxygen atoms in total. The number of halogens is 2. The van der Waals surface area contributed by atoms with Gasteiger partial charge >= 0.3 is 190 Å². The molecule has 5 heteroatoms. The zero-order chi connectivity index (χ0) is 20.9. The van der Waals surface area contributed by atoms with Crippen LogP contribution in [0.4, 0.5) is 0 Å². The molecule has 2 unspecified atom stereocenters. The Balaban J connectivity index is 0.00000171. The summed E-state index contributed by atoms with van der Waals surface area (Å²) in [4.78, 5) is 1.05. The Bertz CT molecular complexity index is 1110. The maximum absolute atomic E-state index is 5.53. The fourth-order valence-corrected chi connectivity index (χ4v) is 25.1. The van der Waals surface area contributed by atoms with Crippen LogP contribution in [0.25, 0.3) is 5.57 Å². The molecule has 162 valence electrons. The standard InChI is InChI=1S/C15H11S.C9H13.C2H6Si.2ClH.Zr/c16-13-6-3-5-12(10-13)15-9-8-11-4-1-2-7-14(11)15;1-6-5-7(2)9(4)8(6)3;1-3-2;;;/h1-5,7-10H,6H2;6H,1-4H3;1-2H3;2*1H;/q;;;;;+2/p-2. The van der Waals surface area contributed by atoms with Gasteiger partial charge in [-0.05, 0) is 0 Å². The summed E-state index contributed by atoms with van der Waals surface area (Å²) in [5.74, 6) is 0.648. The van der Waals surface area contributed by atoms with E-state index in [1.807, 2.05) is 3.28 Å². The normalized spacial score (nSPS) is 21.6. The van der Waals surface area contributed by atoms with Crippen molar-refractivity contribution in [3.8, 4) is 0 Å². The maximum Gasteiger partial charge on any atom is -1.00 e. The van der Waals surface area contributed by atoms with E-state index in [2.05, 4.69) is 89.4 Å². The molecule has 3 aliphatic rings. The van der Waals surface area contributed by atoms with Gasteiger partial charge in [0.15, 0.2) is 0 Å². The molecule has 31 heavy (non-hydrogen) atoms. The Labute approximate surface area is 213 Å². The van der Waals surface area contributed by atoms with Crippen LogP contribution in [0.3, 0.4) is 0 Å². The molecule has 0 bridgehead atoms. The van der Waals surface area contributed by atoms with Crippen LogP contribution in [0.5, 0.6) is 0 Å². The maximum atomic E-state index is 5.53. The van der Waals surface area contributed by atoms with Gasteiger partial charge in [0.1, 0.15) is 0 Å². The smallest absolute Gasteiger partial charge is 1.00 e. The van der Waals surface area contributed by atoms with Gasteiger partial charge in [-0.25, -0.2) is 0 Å². The van der Waals surface area contributed by atoms with Crippen molar-refractivity contribution in [3.05, 3.63) is 85.3 Å². The van der Waals surface area contributed by atoms with Crippen molar-refractivity contribution in [2.75, 3.05) is 0 Å². The Morgan fingerprint density at radius 1 is 1.03 bits per heavy atom. The van der Waals surface area contributed by atoms with E-state index in [0.717, 1.165) is 11.3 Å².